The lowest BCUT2D eigenvalue weighted by Gasteiger charge is -2.33. The van der Waals surface area contributed by atoms with E-state index in [0.29, 0.717) is 6.42 Å². The van der Waals surface area contributed by atoms with Crippen molar-refractivity contribution in [3.05, 3.63) is 106 Å². The standard InChI is InChI=1S/C23H20O/c1-16-12-13-20(17(2)14-16)23(18-8-4-3-5-9-18)15-22(24)19-10-6-7-11-21(19)23/h3-14H,15H2,1-2H3. The van der Waals surface area contributed by atoms with Gasteiger partial charge in [-0.1, -0.05) is 78.4 Å². The van der Waals surface area contributed by atoms with E-state index in [1.807, 2.05) is 24.3 Å². The largest absolute Gasteiger partial charge is 0.294 e. The number of carbonyl (C=O) groups excluding carboxylic acids is 1. The normalized spacial score (nSPS) is 19.3. The molecule has 1 nitrogen and oxygen atoms in total. The van der Waals surface area contributed by atoms with Gasteiger partial charge in [-0.15, -0.1) is 0 Å². The molecule has 24 heavy (non-hydrogen) atoms. The van der Waals surface area contributed by atoms with E-state index >= 15 is 0 Å². The van der Waals surface area contributed by atoms with Crippen molar-refractivity contribution in [2.75, 3.05) is 0 Å². The number of ketones is 1. The Morgan fingerprint density at radius 2 is 1.50 bits per heavy atom. The van der Waals surface area contributed by atoms with Crippen LogP contribution in [0.15, 0.2) is 72.8 Å². The van der Waals surface area contributed by atoms with E-state index in [0.717, 1.165) is 11.1 Å². The van der Waals surface area contributed by atoms with Crippen LogP contribution in [0.5, 0.6) is 0 Å². The molecule has 0 aliphatic heterocycles. The Bertz CT molecular complexity index is 924. The average molecular weight is 312 g/mol. The molecule has 0 spiro atoms. The number of Topliss-reactive ketones (excluding diaryl/α,β-unsaturated/α-hetero) is 1. The number of fused-ring (bicyclic) bond motifs is 1. The monoisotopic (exact) mass is 312 g/mol. The van der Waals surface area contributed by atoms with Crippen LogP contribution in [0.2, 0.25) is 0 Å². The minimum atomic E-state index is -0.382. The van der Waals surface area contributed by atoms with Gasteiger partial charge in [0.05, 0.1) is 5.41 Å². The van der Waals surface area contributed by atoms with Crippen LogP contribution in [0, 0.1) is 13.8 Å². The summed E-state index contributed by atoms with van der Waals surface area (Å²) in [5.41, 5.74) is 6.52. The first-order valence-electron chi connectivity index (χ1n) is 8.39. The van der Waals surface area contributed by atoms with Crippen molar-refractivity contribution in [3.8, 4) is 0 Å². The Morgan fingerprint density at radius 3 is 2.25 bits per heavy atom. The summed E-state index contributed by atoms with van der Waals surface area (Å²) >= 11 is 0. The third kappa shape index (κ3) is 2.05. The second-order valence-corrected chi connectivity index (χ2v) is 6.74. The molecule has 0 N–H and O–H groups in total. The molecule has 0 amide bonds. The zero-order valence-electron chi connectivity index (χ0n) is 14.0. The van der Waals surface area contributed by atoms with Gasteiger partial charge in [-0.3, -0.25) is 4.79 Å². The zero-order chi connectivity index (χ0) is 16.7. The molecule has 118 valence electrons. The van der Waals surface area contributed by atoms with Gasteiger partial charge in [-0.05, 0) is 36.1 Å². The Morgan fingerprint density at radius 1 is 0.792 bits per heavy atom. The fraction of sp³-hybridized carbons (Fsp3) is 0.174. The summed E-state index contributed by atoms with van der Waals surface area (Å²) in [5.74, 6) is 0.231. The highest BCUT2D eigenvalue weighted by atomic mass is 16.1. The van der Waals surface area contributed by atoms with Crippen molar-refractivity contribution in [1.82, 2.24) is 0 Å². The van der Waals surface area contributed by atoms with Gasteiger partial charge in [0.2, 0.25) is 0 Å². The summed E-state index contributed by atoms with van der Waals surface area (Å²) in [6.45, 7) is 4.26. The molecule has 3 aromatic rings. The van der Waals surface area contributed by atoms with Gasteiger partial charge in [0.25, 0.3) is 0 Å². The highest BCUT2D eigenvalue weighted by Gasteiger charge is 2.46. The van der Waals surface area contributed by atoms with Crippen molar-refractivity contribution in [2.45, 2.75) is 25.7 Å². The molecule has 0 saturated heterocycles. The number of aryl methyl sites for hydroxylation is 2. The van der Waals surface area contributed by atoms with Crippen molar-refractivity contribution < 1.29 is 4.79 Å². The summed E-state index contributed by atoms with van der Waals surface area (Å²) < 4.78 is 0. The summed E-state index contributed by atoms with van der Waals surface area (Å²) in [5, 5.41) is 0. The van der Waals surface area contributed by atoms with Crippen molar-refractivity contribution in [1.29, 1.82) is 0 Å². The van der Waals surface area contributed by atoms with Gasteiger partial charge in [0.1, 0.15) is 0 Å². The lowest BCUT2D eigenvalue weighted by Crippen LogP contribution is -2.28. The van der Waals surface area contributed by atoms with Gasteiger partial charge in [-0.2, -0.15) is 0 Å². The molecule has 1 atom stereocenters. The predicted octanol–water partition coefficient (Wildman–Crippen LogP) is 5.22. The number of carbonyl (C=O) groups is 1. The smallest absolute Gasteiger partial charge is 0.164 e. The molecule has 1 aliphatic carbocycles. The quantitative estimate of drug-likeness (QED) is 0.633. The van der Waals surface area contributed by atoms with E-state index in [9.17, 15) is 4.79 Å². The fourth-order valence-electron chi connectivity index (χ4n) is 4.20. The molecule has 1 unspecified atom stereocenters. The maximum Gasteiger partial charge on any atom is 0.164 e. The van der Waals surface area contributed by atoms with E-state index in [2.05, 4.69) is 62.4 Å². The maximum atomic E-state index is 12.8. The van der Waals surface area contributed by atoms with Crippen molar-refractivity contribution in [3.63, 3.8) is 0 Å². The zero-order valence-corrected chi connectivity index (χ0v) is 14.0. The van der Waals surface area contributed by atoms with E-state index < -0.39 is 0 Å². The van der Waals surface area contributed by atoms with E-state index in [-0.39, 0.29) is 11.2 Å². The van der Waals surface area contributed by atoms with Gasteiger partial charge in [0.15, 0.2) is 5.78 Å². The van der Waals surface area contributed by atoms with Gasteiger partial charge < -0.3 is 0 Å². The molecule has 1 heteroatoms. The third-order valence-corrected chi connectivity index (χ3v) is 5.22. The van der Waals surface area contributed by atoms with Gasteiger partial charge in [0, 0.05) is 12.0 Å². The number of hydrogen-bond donors (Lipinski definition) is 0. The Labute approximate surface area is 143 Å². The number of hydrogen-bond acceptors (Lipinski definition) is 1. The van der Waals surface area contributed by atoms with Gasteiger partial charge >= 0.3 is 0 Å². The minimum Gasteiger partial charge on any atom is -0.294 e. The summed E-state index contributed by atoms with van der Waals surface area (Å²) in [4.78, 5) is 12.8. The van der Waals surface area contributed by atoms with E-state index in [4.69, 9.17) is 0 Å². The fourth-order valence-corrected chi connectivity index (χ4v) is 4.20. The third-order valence-electron chi connectivity index (χ3n) is 5.22. The summed E-state index contributed by atoms with van der Waals surface area (Å²) in [6.07, 6.45) is 0.500. The van der Waals surface area contributed by atoms with Crippen molar-refractivity contribution >= 4 is 5.78 Å². The molecular weight excluding hydrogens is 292 g/mol. The van der Waals surface area contributed by atoms with Crippen molar-refractivity contribution in [2.24, 2.45) is 0 Å². The van der Waals surface area contributed by atoms with E-state index in [1.165, 1.54) is 22.3 Å². The SMILES string of the molecule is Cc1ccc(C2(c3ccccc3)CC(=O)c3ccccc32)c(C)c1. The van der Waals surface area contributed by atoms with Crippen LogP contribution in [-0.2, 0) is 5.41 Å². The van der Waals surface area contributed by atoms with Crippen LogP contribution in [0.25, 0.3) is 0 Å². The second-order valence-electron chi connectivity index (χ2n) is 6.74. The van der Waals surface area contributed by atoms with E-state index in [1.54, 1.807) is 0 Å². The first kappa shape index (κ1) is 14.9. The minimum absolute atomic E-state index is 0.231. The molecule has 3 aromatic carbocycles. The Balaban J connectivity index is 2.08. The molecule has 0 saturated carbocycles. The Hall–Kier alpha value is -2.67. The highest BCUT2D eigenvalue weighted by Crippen LogP contribution is 2.49. The summed E-state index contributed by atoms with van der Waals surface area (Å²) in [7, 11) is 0. The molecule has 1 aliphatic rings. The van der Waals surface area contributed by atoms with Crippen LogP contribution in [0.4, 0.5) is 0 Å². The highest BCUT2D eigenvalue weighted by molar-refractivity contribution is 6.04. The molecule has 0 heterocycles. The molecule has 0 aromatic heterocycles. The maximum absolute atomic E-state index is 12.8. The molecule has 0 radical (unpaired) electrons. The van der Waals surface area contributed by atoms with Crippen LogP contribution in [0.1, 0.15) is 44.6 Å². The Kier molecular flexibility index (Phi) is 3.38. The molecule has 0 fully saturated rings. The van der Waals surface area contributed by atoms with Crippen LogP contribution < -0.4 is 0 Å². The molecule has 0 bridgehead atoms. The average Bonchev–Trinajstić information content (AvgIpc) is 2.90. The topological polar surface area (TPSA) is 17.1 Å². The lowest BCUT2D eigenvalue weighted by atomic mass is 9.69. The number of benzene rings is 3. The van der Waals surface area contributed by atoms with Gasteiger partial charge in [-0.25, -0.2) is 0 Å². The molecular formula is C23H20O. The van der Waals surface area contributed by atoms with Crippen LogP contribution in [-0.4, -0.2) is 5.78 Å². The second kappa shape index (κ2) is 5.45. The molecule has 4 rings (SSSR count). The van der Waals surface area contributed by atoms with Crippen LogP contribution >= 0.6 is 0 Å². The lowest BCUT2D eigenvalue weighted by molar-refractivity contribution is 0.0984. The first-order valence-corrected chi connectivity index (χ1v) is 8.39. The van der Waals surface area contributed by atoms with Crippen LogP contribution in [0.3, 0.4) is 0 Å². The predicted molar refractivity (Wildman–Crippen MR) is 97.6 cm³/mol. The number of rotatable bonds is 2. The summed E-state index contributed by atoms with van der Waals surface area (Å²) in [6, 6.07) is 25.1. The first-order chi connectivity index (χ1) is 11.6.